The maximum absolute atomic E-state index is 14.2. The van der Waals surface area contributed by atoms with Crippen molar-refractivity contribution in [2.24, 2.45) is 22.7 Å². The smallest absolute Gasteiger partial charge is 0.317 e. The van der Waals surface area contributed by atoms with E-state index in [0.717, 1.165) is 43.4 Å². The van der Waals surface area contributed by atoms with Gasteiger partial charge in [-0.25, -0.2) is 13.6 Å². The molecule has 0 spiro atoms. The Morgan fingerprint density at radius 1 is 1.26 bits per heavy atom. The molecular formula is C24H30F2N4O. The van der Waals surface area contributed by atoms with Crippen LogP contribution in [-0.4, -0.2) is 42.5 Å². The van der Waals surface area contributed by atoms with Crippen molar-refractivity contribution in [3.63, 3.8) is 0 Å². The highest BCUT2D eigenvalue weighted by molar-refractivity contribution is 6.15. The Morgan fingerprint density at radius 3 is 2.58 bits per heavy atom. The zero-order chi connectivity index (χ0) is 22.6. The van der Waals surface area contributed by atoms with Crippen LogP contribution in [-0.2, 0) is 0 Å². The second-order valence-electron chi connectivity index (χ2n) is 9.61. The van der Waals surface area contributed by atoms with Crippen LogP contribution in [0.25, 0.3) is 0 Å². The summed E-state index contributed by atoms with van der Waals surface area (Å²) in [5.41, 5.74) is 0.00950. The average Bonchev–Trinajstić information content (AvgIpc) is 3.09. The summed E-state index contributed by atoms with van der Waals surface area (Å²) in [5, 5.41) is 20.2. The van der Waals surface area contributed by atoms with Crippen LogP contribution < -0.4 is 5.32 Å². The van der Waals surface area contributed by atoms with E-state index in [9.17, 15) is 13.6 Å². The van der Waals surface area contributed by atoms with Gasteiger partial charge in [0.1, 0.15) is 11.6 Å². The molecule has 3 aliphatic rings. The van der Waals surface area contributed by atoms with Crippen LogP contribution in [0.1, 0.15) is 45.1 Å². The predicted octanol–water partition coefficient (Wildman–Crippen LogP) is 4.77. The molecule has 0 radical (unpaired) electrons. The van der Waals surface area contributed by atoms with Gasteiger partial charge in [0.15, 0.2) is 0 Å². The van der Waals surface area contributed by atoms with Gasteiger partial charge in [-0.15, -0.1) is 0 Å². The molecule has 2 amide bonds. The maximum Gasteiger partial charge on any atom is 0.317 e. The van der Waals surface area contributed by atoms with Gasteiger partial charge < -0.3 is 21.0 Å². The molecule has 4 rings (SSSR count). The van der Waals surface area contributed by atoms with Crippen LogP contribution in [0.2, 0.25) is 0 Å². The van der Waals surface area contributed by atoms with E-state index >= 15 is 0 Å². The minimum atomic E-state index is -0.765. The zero-order valence-corrected chi connectivity index (χ0v) is 18.3. The van der Waals surface area contributed by atoms with Gasteiger partial charge in [0, 0.05) is 31.3 Å². The van der Waals surface area contributed by atoms with Crippen LogP contribution in [0, 0.1) is 45.1 Å². The number of benzene rings is 1. The third-order valence-corrected chi connectivity index (χ3v) is 8.11. The van der Waals surface area contributed by atoms with E-state index in [1.807, 2.05) is 4.90 Å². The maximum atomic E-state index is 14.2. The quantitative estimate of drug-likeness (QED) is 0.596. The highest BCUT2D eigenvalue weighted by Crippen LogP contribution is 2.69. The van der Waals surface area contributed by atoms with Gasteiger partial charge in [-0.3, -0.25) is 0 Å². The fourth-order valence-electron chi connectivity index (χ4n) is 6.60. The first-order valence-electron chi connectivity index (χ1n) is 11.0. The van der Waals surface area contributed by atoms with E-state index in [4.69, 9.17) is 10.8 Å². The summed E-state index contributed by atoms with van der Waals surface area (Å²) in [4.78, 5) is 14.1. The van der Waals surface area contributed by atoms with Gasteiger partial charge in [-0.2, -0.15) is 0 Å². The van der Waals surface area contributed by atoms with Gasteiger partial charge in [-0.1, -0.05) is 19.9 Å². The lowest BCUT2D eigenvalue weighted by Crippen LogP contribution is -2.52. The third-order valence-electron chi connectivity index (χ3n) is 8.11. The van der Waals surface area contributed by atoms with Crippen molar-refractivity contribution in [3.8, 4) is 0 Å². The van der Waals surface area contributed by atoms with Gasteiger partial charge in [0.05, 0.1) is 11.3 Å². The molecule has 1 saturated heterocycles. The van der Waals surface area contributed by atoms with E-state index in [0.29, 0.717) is 18.8 Å². The first-order chi connectivity index (χ1) is 14.6. The first-order valence-corrected chi connectivity index (χ1v) is 11.0. The standard InChI is InChI=1S/C24H30F2N4O/c1-23(2)16-9-10-24(23,14-6-5-11-30(13-14)22(31)29-3)21(28)15(16)12-19(27)20-17(25)7-4-8-18(20)26/h4,7-8,12,14,16,27-28H,5-6,9-11,13H2,1-3H3,(H,29,31)/b15-12-,27-19?,28-21?/t14-,16-,24-/m0/s1. The number of likely N-dealkylation sites (tertiary alicyclic amines) is 1. The lowest BCUT2D eigenvalue weighted by Gasteiger charge is -2.48. The Bertz CT molecular complexity index is 966. The number of carbonyl (C=O) groups is 1. The summed E-state index contributed by atoms with van der Waals surface area (Å²) in [5.74, 6) is -1.32. The molecule has 3 fully saturated rings. The first kappa shape index (κ1) is 21.7. The van der Waals surface area contributed by atoms with Gasteiger partial charge >= 0.3 is 6.03 Å². The topological polar surface area (TPSA) is 80.0 Å². The summed E-state index contributed by atoms with van der Waals surface area (Å²) >= 11 is 0. The molecule has 0 unspecified atom stereocenters. The van der Waals surface area contributed by atoms with Crippen molar-refractivity contribution in [1.29, 1.82) is 10.8 Å². The largest absolute Gasteiger partial charge is 0.341 e. The Balaban J connectivity index is 1.71. The molecule has 1 aromatic rings. The Morgan fingerprint density at radius 2 is 1.94 bits per heavy atom. The minimum Gasteiger partial charge on any atom is -0.341 e. The van der Waals surface area contributed by atoms with Crippen molar-refractivity contribution in [1.82, 2.24) is 10.2 Å². The number of piperidine rings is 1. The summed E-state index contributed by atoms with van der Waals surface area (Å²) in [7, 11) is 1.63. The van der Waals surface area contributed by atoms with Crippen LogP contribution in [0.3, 0.4) is 0 Å². The Kier molecular flexibility index (Phi) is 5.26. The number of nitrogens with one attached hydrogen (secondary N) is 3. The molecule has 2 aliphatic carbocycles. The number of fused-ring (bicyclic) bond motifs is 2. The van der Waals surface area contributed by atoms with Crippen LogP contribution >= 0.6 is 0 Å². The highest BCUT2D eigenvalue weighted by Gasteiger charge is 2.67. The summed E-state index contributed by atoms with van der Waals surface area (Å²) < 4.78 is 28.4. The Labute approximate surface area is 181 Å². The van der Waals surface area contributed by atoms with Crippen molar-refractivity contribution in [2.45, 2.75) is 39.5 Å². The molecule has 1 aromatic carbocycles. The normalized spacial score (nSPS) is 30.7. The third kappa shape index (κ3) is 3.04. The number of rotatable bonds is 3. The van der Waals surface area contributed by atoms with E-state index in [1.165, 1.54) is 12.1 Å². The van der Waals surface area contributed by atoms with Crippen molar-refractivity contribution in [2.75, 3.05) is 20.1 Å². The lowest BCUT2D eigenvalue weighted by atomic mass is 9.59. The summed E-state index contributed by atoms with van der Waals surface area (Å²) in [6.45, 7) is 5.66. The van der Waals surface area contributed by atoms with Crippen LogP contribution in [0.5, 0.6) is 0 Å². The van der Waals surface area contributed by atoms with Crippen molar-refractivity contribution in [3.05, 3.63) is 47.0 Å². The van der Waals surface area contributed by atoms with Crippen molar-refractivity contribution < 1.29 is 13.6 Å². The molecule has 31 heavy (non-hydrogen) atoms. The molecule has 166 valence electrons. The average molecular weight is 429 g/mol. The van der Waals surface area contributed by atoms with Gasteiger partial charge in [-0.05, 0) is 66.7 Å². The molecule has 0 aromatic heterocycles. The van der Waals surface area contributed by atoms with Crippen molar-refractivity contribution >= 4 is 17.5 Å². The minimum absolute atomic E-state index is 0.0607. The van der Waals surface area contributed by atoms with E-state index in [2.05, 4.69) is 19.2 Å². The number of allylic oxidation sites excluding steroid dienone is 2. The van der Waals surface area contributed by atoms with Gasteiger partial charge in [0.2, 0.25) is 0 Å². The molecule has 1 aliphatic heterocycles. The monoisotopic (exact) mass is 428 g/mol. The van der Waals surface area contributed by atoms with Crippen LogP contribution in [0.15, 0.2) is 29.8 Å². The SMILES string of the molecule is CNC(=O)N1CCC[C@H]([C@@]23CC[C@@H](/C(=C/C(=N)c4c(F)cccc4F)C2=N)C3(C)C)C1. The second kappa shape index (κ2) is 7.53. The number of hydrogen-bond acceptors (Lipinski definition) is 3. The molecule has 5 nitrogen and oxygen atoms in total. The lowest BCUT2D eigenvalue weighted by molar-refractivity contribution is 0.0564. The molecular weight excluding hydrogens is 398 g/mol. The summed E-state index contributed by atoms with van der Waals surface area (Å²) in [6, 6.07) is 3.50. The number of hydrogen-bond donors (Lipinski definition) is 3. The summed E-state index contributed by atoms with van der Waals surface area (Å²) in [6.07, 6.45) is 5.09. The highest BCUT2D eigenvalue weighted by atomic mass is 19.1. The molecule has 2 saturated carbocycles. The number of nitrogens with zero attached hydrogens (tertiary/aromatic N) is 1. The fraction of sp³-hybridized carbons (Fsp3) is 0.542. The number of halogens is 2. The van der Waals surface area contributed by atoms with E-state index in [1.54, 1.807) is 7.05 Å². The predicted molar refractivity (Wildman–Crippen MR) is 117 cm³/mol. The number of urea groups is 1. The number of amides is 2. The molecule has 2 bridgehead atoms. The fourth-order valence-corrected chi connectivity index (χ4v) is 6.60. The van der Waals surface area contributed by atoms with Crippen LogP contribution in [0.4, 0.5) is 13.6 Å². The zero-order valence-electron chi connectivity index (χ0n) is 18.3. The molecule has 1 heterocycles. The second-order valence-corrected chi connectivity index (χ2v) is 9.61. The van der Waals surface area contributed by atoms with E-state index in [-0.39, 0.29) is 34.6 Å². The molecule has 3 atom stereocenters. The number of carbonyl (C=O) groups excluding carboxylic acids is 1. The van der Waals surface area contributed by atoms with E-state index < -0.39 is 17.0 Å². The van der Waals surface area contributed by atoms with Gasteiger partial charge in [0.25, 0.3) is 0 Å². The molecule has 7 heteroatoms. The molecule has 3 N–H and O–H groups in total. The Hall–Kier alpha value is -2.57.